The summed E-state index contributed by atoms with van der Waals surface area (Å²) in [6.45, 7) is 8.64. The number of likely N-dealkylation sites (tertiary alicyclic amines) is 1. The van der Waals surface area contributed by atoms with E-state index in [1.807, 2.05) is 0 Å². The minimum absolute atomic E-state index is 0.124. The molecule has 1 saturated heterocycles. The highest BCUT2D eigenvalue weighted by Crippen LogP contribution is 2.45. The molecule has 2 aliphatic rings. The summed E-state index contributed by atoms with van der Waals surface area (Å²) in [5.74, 6) is 1.38. The Morgan fingerprint density at radius 1 is 1.38 bits per heavy atom. The van der Waals surface area contributed by atoms with Crippen LogP contribution in [0.3, 0.4) is 0 Å². The number of amides is 1. The minimum atomic E-state index is 0.124. The summed E-state index contributed by atoms with van der Waals surface area (Å²) < 4.78 is 0. The molecular weight excluding hydrogens is 162 g/mol. The Hall–Kier alpha value is -0.530. The summed E-state index contributed by atoms with van der Waals surface area (Å²) in [5.41, 5.74) is 0.124. The van der Waals surface area contributed by atoms with Crippen LogP contribution in [0.5, 0.6) is 0 Å². The molecule has 2 rings (SSSR count). The van der Waals surface area contributed by atoms with E-state index in [-0.39, 0.29) is 5.54 Å². The molecule has 13 heavy (non-hydrogen) atoms. The maximum Gasteiger partial charge on any atom is 0.226 e. The molecule has 2 heteroatoms. The molecule has 0 bridgehead atoms. The van der Waals surface area contributed by atoms with E-state index >= 15 is 0 Å². The maximum atomic E-state index is 11.9. The van der Waals surface area contributed by atoms with Crippen molar-refractivity contribution < 1.29 is 4.79 Å². The molecule has 2 nitrogen and oxygen atoms in total. The third kappa shape index (κ3) is 1.27. The molecular formula is C11H19NO. The van der Waals surface area contributed by atoms with E-state index in [2.05, 4.69) is 32.6 Å². The van der Waals surface area contributed by atoms with Crippen LogP contribution in [0, 0.1) is 11.8 Å². The van der Waals surface area contributed by atoms with E-state index in [1.165, 1.54) is 0 Å². The SMILES string of the molecule is CC1CC(C)(C)N1C(=O)[C@@H]1C[C@H]1C. The van der Waals surface area contributed by atoms with Gasteiger partial charge in [0.25, 0.3) is 0 Å². The van der Waals surface area contributed by atoms with E-state index in [4.69, 9.17) is 0 Å². The van der Waals surface area contributed by atoms with Crippen LogP contribution in [-0.2, 0) is 4.79 Å². The predicted octanol–water partition coefficient (Wildman–Crippen LogP) is 2.04. The van der Waals surface area contributed by atoms with Crippen molar-refractivity contribution in [2.45, 2.75) is 52.1 Å². The monoisotopic (exact) mass is 181 g/mol. The van der Waals surface area contributed by atoms with Gasteiger partial charge in [0.1, 0.15) is 0 Å². The highest BCUT2D eigenvalue weighted by atomic mass is 16.2. The fourth-order valence-electron chi connectivity index (χ4n) is 2.76. The summed E-state index contributed by atoms with van der Waals surface area (Å²) in [5, 5.41) is 0. The fourth-order valence-corrected chi connectivity index (χ4v) is 2.76. The van der Waals surface area contributed by atoms with Crippen LogP contribution in [-0.4, -0.2) is 22.4 Å². The molecule has 2 fully saturated rings. The van der Waals surface area contributed by atoms with Gasteiger partial charge in [0.15, 0.2) is 0 Å². The van der Waals surface area contributed by atoms with Crippen molar-refractivity contribution >= 4 is 5.91 Å². The third-order valence-electron chi connectivity index (χ3n) is 3.55. The number of rotatable bonds is 1. The Labute approximate surface area is 80.3 Å². The molecule has 3 atom stereocenters. The molecule has 1 amide bonds. The first-order valence-corrected chi connectivity index (χ1v) is 5.26. The van der Waals surface area contributed by atoms with Gasteiger partial charge < -0.3 is 4.90 Å². The van der Waals surface area contributed by atoms with Crippen molar-refractivity contribution in [3.63, 3.8) is 0 Å². The van der Waals surface area contributed by atoms with Gasteiger partial charge in [-0.3, -0.25) is 4.79 Å². The largest absolute Gasteiger partial charge is 0.334 e. The molecule has 0 N–H and O–H groups in total. The molecule has 0 radical (unpaired) electrons. The second-order valence-electron chi connectivity index (χ2n) is 5.39. The average Bonchev–Trinajstić information content (AvgIpc) is 2.64. The smallest absolute Gasteiger partial charge is 0.226 e. The second kappa shape index (κ2) is 2.49. The number of carbonyl (C=O) groups is 1. The lowest BCUT2D eigenvalue weighted by atomic mass is 9.82. The highest BCUT2D eigenvalue weighted by Gasteiger charge is 2.51. The van der Waals surface area contributed by atoms with Gasteiger partial charge in [-0.25, -0.2) is 0 Å². The zero-order valence-electron chi connectivity index (χ0n) is 9.00. The van der Waals surface area contributed by atoms with Gasteiger partial charge in [-0.1, -0.05) is 6.92 Å². The molecule has 1 saturated carbocycles. The van der Waals surface area contributed by atoms with E-state index < -0.39 is 0 Å². The van der Waals surface area contributed by atoms with Gasteiger partial charge in [0.2, 0.25) is 5.91 Å². The lowest BCUT2D eigenvalue weighted by Gasteiger charge is -2.54. The maximum absolute atomic E-state index is 11.9. The van der Waals surface area contributed by atoms with Crippen LogP contribution >= 0.6 is 0 Å². The predicted molar refractivity (Wildman–Crippen MR) is 52.3 cm³/mol. The first-order chi connectivity index (χ1) is 5.93. The van der Waals surface area contributed by atoms with Gasteiger partial charge >= 0.3 is 0 Å². The Balaban J connectivity index is 2.04. The Morgan fingerprint density at radius 3 is 2.23 bits per heavy atom. The van der Waals surface area contributed by atoms with Crippen LogP contribution in [0.4, 0.5) is 0 Å². The number of nitrogens with zero attached hydrogens (tertiary/aromatic N) is 1. The number of carbonyl (C=O) groups excluding carboxylic acids is 1. The molecule has 0 aromatic rings. The van der Waals surface area contributed by atoms with Crippen molar-refractivity contribution in [1.29, 1.82) is 0 Å². The summed E-state index contributed by atoms with van der Waals surface area (Å²) >= 11 is 0. The van der Waals surface area contributed by atoms with Crippen molar-refractivity contribution in [2.75, 3.05) is 0 Å². The molecule has 1 unspecified atom stereocenters. The normalized spacial score (nSPS) is 41.2. The highest BCUT2D eigenvalue weighted by molar-refractivity contribution is 5.83. The Morgan fingerprint density at radius 2 is 1.92 bits per heavy atom. The Kier molecular flexibility index (Phi) is 1.73. The molecule has 0 spiro atoms. The van der Waals surface area contributed by atoms with Gasteiger partial charge in [0.05, 0.1) is 0 Å². The zero-order valence-corrected chi connectivity index (χ0v) is 9.00. The van der Waals surface area contributed by atoms with E-state index in [9.17, 15) is 4.79 Å². The van der Waals surface area contributed by atoms with Crippen LogP contribution in [0.25, 0.3) is 0 Å². The fraction of sp³-hybridized carbons (Fsp3) is 0.909. The molecule has 1 aliphatic carbocycles. The summed E-state index contributed by atoms with van der Waals surface area (Å²) in [6.07, 6.45) is 2.26. The zero-order chi connectivity index (χ0) is 9.80. The average molecular weight is 181 g/mol. The van der Waals surface area contributed by atoms with E-state index in [0.29, 0.717) is 23.8 Å². The van der Waals surface area contributed by atoms with Gasteiger partial charge in [-0.05, 0) is 39.5 Å². The van der Waals surface area contributed by atoms with E-state index in [1.54, 1.807) is 0 Å². The van der Waals surface area contributed by atoms with Crippen LogP contribution in [0.2, 0.25) is 0 Å². The van der Waals surface area contributed by atoms with Crippen LogP contribution in [0.1, 0.15) is 40.5 Å². The first kappa shape index (κ1) is 9.04. The molecule has 0 aromatic heterocycles. The van der Waals surface area contributed by atoms with Gasteiger partial charge in [-0.2, -0.15) is 0 Å². The molecule has 74 valence electrons. The lowest BCUT2D eigenvalue weighted by Crippen LogP contribution is -2.64. The van der Waals surface area contributed by atoms with Crippen LogP contribution < -0.4 is 0 Å². The Bertz CT molecular complexity index is 246. The standard InChI is InChI=1S/C11H19NO/c1-7-5-9(7)10(13)12-8(2)6-11(12,3)4/h7-9H,5-6H2,1-4H3/t7-,8?,9-/m1/s1. The second-order valence-corrected chi connectivity index (χ2v) is 5.39. The van der Waals surface area contributed by atoms with Crippen molar-refractivity contribution in [3.05, 3.63) is 0 Å². The first-order valence-electron chi connectivity index (χ1n) is 5.26. The van der Waals surface area contributed by atoms with Crippen molar-refractivity contribution in [1.82, 2.24) is 4.90 Å². The topological polar surface area (TPSA) is 20.3 Å². The quantitative estimate of drug-likeness (QED) is 0.606. The third-order valence-corrected chi connectivity index (χ3v) is 3.55. The summed E-state index contributed by atoms with van der Waals surface area (Å²) in [4.78, 5) is 14.0. The minimum Gasteiger partial charge on any atom is -0.334 e. The van der Waals surface area contributed by atoms with Crippen LogP contribution in [0.15, 0.2) is 0 Å². The number of hydrogen-bond donors (Lipinski definition) is 0. The lowest BCUT2D eigenvalue weighted by molar-refractivity contribution is -0.153. The molecule has 0 aromatic carbocycles. The van der Waals surface area contributed by atoms with E-state index in [0.717, 1.165) is 12.8 Å². The van der Waals surface area contributed by atoms with Crippen molar-refractivity contribution in [2.24, 2.45) is 11.8 Å². The van der Waals surface area contributed by atoms with Gasteiger partial charge in [0, 0.05) is 17.5 Å². The van der Waals surface area contributed by atoms with Gasteiger partial charge in [-0.15, -0.1) is 0 Å². The number of hydrogen-bond acceptors (Lipinski definition) is 1. The van der Waals surface area contributed by atoms with Crippen molar-refractivity contribution in [3.8, 4) is 0 Å². The summed E-state index contributed by atoms with van der Waals surface area (Å²) in [7, 11) is 0. The molecule has 1 aliphatic heterocycles. The molecule has 1 heterocycles. The summed E-state index contributed by atoms with van der Waals surface area (Å²) in [6, 6.07) is 0.468.